The summed E-state index contributed by atoms with van der Waals surface area (Å²) >= 11 is 0. The van der Waals surface area contributed by atoms with E-state index < -0.39 is 0 Å². The van der Waals surface area contributed by atoms with Crippen molar-refractivity contribution in [2.24, 2.45) is 5.92 Å². The molecule has 0 saturated carbocycles. The van der Waals surface area contributed by atoms with Gasteiger partial charge in [0.2, 0.25) is 0 Å². The number of nitrogens with zero attached hydrogens (tertiary/aromatic N) is 1. The molecule has 1 aliphatic rings. The lowest BCUT2D eigenvalue weighted by Crippen LogP contribution is -2.41. The normalized spacial score (nSPS) is 18.4. The fourth-order valence-electron chi connectivity index (χ4n) is 2.90. The number of piperidine rings is 1. The van der Waals surface area contributed by atoms with Gasteiger partial charge in [0, 0.05) is 13.1 Å². The molecule has 0 aliphatic carbocycles. The second-order valence-electron chi connectivity index (χ2n) is 5.87. The molecular weight excluding hydrogens is 292 g/mol. The van der Waals surface area contributed by atoms with Gasteiger partial charge in [-0.05, 0) is 50.9 Å². The van der Waals surface area contributed by atoms with Gasteiger partial charge in [0.05, 0.1) is 6.61 Å². The number of nitrogens with one attached hydrogen (secondary N) is 1. The summed E-state index contributed by atoms with van der Waals surface area (Å²) in [7, 11) is 0. The van der Waals surface area contributed by atoms with Gasteiger partial charge in [0.25, 0.3) is 5.91 Å². The third-order valence-corrected chi connectivity index (χ3v) is 4.15. The molecule has 128 valence electrons. The minimum Gasteiger partial charge on any atom is -0.490 e. The van der Waals surface area contributed by atoms with Crippen molar-refractivity contribution >= 4 is 5.91 Å². The minimum atomic E-state index is -0.0788. The van der Waals surface area contributed by atoms with Crippen LogP contribution >= 0.6 is 0 Å². The number of carbonyl (C=O) groups is 1. The molecule has 1 atom stereocenters. The van der Waals surface area contributed by atoms with Crippen molar-refractivity contribution in [2.45, 2.75) is 26.7 Å². The molecule has 1 heterocycles. The molecule has 23 heavy (non-hydrogen) atoms. The zero-order valence-corrected chi connectivity index (χ0v) is 14.2. The van der Waals surface area contributed by atoms with Gasteiger partial charge in [-0.2, -0.15) is 0 Å². The third-order valence-electron chi connectivity index (χ3n) is 4.15. The Morgan fingerprint density at radius 1 is 1.26 bits per heavy atom. The molecule has 1 saturated heterocycles. The molecule has 5 nitrogen and oxygen atoms in total. The lowest BCUT2D eigenvalue weighted by molar-refractivity contribution is -0.123. The molecule has 0 bridgehead atoms. The summed E-state index contributed by atoms with van der Waals surface area (Å²) in [6, 6.07) is 7.42. The summed E-state index contributed by atoms with van der Waals surface area (Å²) in [6.45, 7) is 8.77. The highest BCUT2D eigenvalue weighted by Crippen LogP contribution is 2.26. The molecule has 5 heteroatoms. The van der Waals surface area contributed by atoms with Gasteiger partial charge in [-0.25, -0.2) is 0 Å². The van der Waals surface area contributed by atoms with E-state index in [1.165, 1.54) is 19.4 Å². The Kier molecular flexibility index (Phi) is 7.20. The average molecular weight is 320 g/mol. The molecule has 0 unspecified atom stereocenters. The van der Waals surface area contributed by atoms with Crippen molar-refractivity contribution in [2.75, 3.05) is 39.4 Å². The zero-order valence-electron chi connectivity index (χ0n) is 14.2. The minimum absolute atomic E-state index is 0.0221. The monoisotopic (exact) mass is 320 g/mol. The van der Waals surface area contributed by atoms with Crippen molar-refractivity contribution in [1.29, 1.82) is 0 Å². The van der Waals surface area contributed by atoms with Crippen molar-refractivity contribution in [3.8, 4) is 11.5 Å². The van der Waals surface area contributed by atoms with E-state index in [9.17, 15) is 4.79 Å². The Hall–Kier alpha value is -1.75. The molecule has 1 aliphatic heterocycles. The summed E-state index contributed by atoms with van der Waals surface area (Å²) in [4.78, 5) is 14.4. The summed E-state index contributed by atoms with van der Waals surface area (Å²) in [5.74, 6) is 1.75. The van der Waals surface area contributed by atoms with Crippen LogP contribution in [0, 0.1) is 5.92 Å². The maximum atomic E-state index is 12.0. The second-order valence-corrected chi connectivity index (χ2v) is 5.87. The molecular formula is C18H28N2O3. The van der Waals surface area contributed by atoms with Crippen LogP contribution in [-0.2, 0) is 4.79 Å². The van der Waals surface area contributed by atoms with Crippen LogP contribution in [0.15, 0.2) is 24.3 Å². The van der Waals surface area contributed by atoms with Crippen LogP contribution in [-0.4, -0.2) is 50.2 Å². The number of amides is 1. The average Bonchev–Trinajstić information content (AvgIpc) is 2.59. The molecule has 1 N–H and O–H groups in total. The molecule has 2 rings (SSSR count). The number of para-hydroxylation sites is 2. The predicted octanol–water partition coefficient (Wildman–Crippen LogP) is 2.31. The number of hydrogen-bond acceptors (Lipinski definition) is 4. The molecule has 1 fully saturated rings. The van der Waals surface area contributed by atoms with Gasteiger partial charge in [-0.1, -0.05) is 19.1 Å². The van der Waals surface area contributed by atoms with Crippen LogP contribution in [0.1, 0.15) is 26.7 Å². The van der Waals surface area contributed by atoms with Gasteiger partial charge < -0.3 is 19.7 Å². The highest BCUT2D eigenvalue weighted by atomic mass is 16.5. The quantitative estimate of drug-likeness (QED) is 0.798. The topological polar surface area (TPSA) is 50.8 Å². The standard InChI is InChI=1S/C18H28N2O3/c1-3-20-11-7-8-15(13-20)12-19-18(21)14-23-17-10-6-5-9-16(17)22-4-2/h5-6,9-10,15H,3-4,7-8,11-14H2,1-2H3,(H,19,21)/t15-/m0/s1. The first-order chi connectivity index (χ1) is 11.2. The number of carbonyl (C=O) groups excluding carboxylic acids is 1. The van der Waals surface area contributed by atoms with E-state index in [0.717, 1.165) is 19.6 Å². The largest absolute Gasteiger partial charge is 0.490 e. The van der Waals surface area contributed by atoms with Gasteiger partial charge in [-0.15, -0.1) is 0 Å². The Morgan fingerprint density at radius 2 is 2.00 bits per heavy atom. The highest BCUT2D eigenvalue weighted by molar-refractivity contribution is 5.77. The number of ether oxygens (including phenoxy) is 2. The molecule has 1 aromatic carbocycles. The third kappa shape index (κ3) is 5.75. The van der Waals surface area contributed by atoms with E-state index in [2.05, 4.69) is 17.1 Å². The van der Waals surface area contributed by atoms with Crippen LogP contribution in [0.5, 0.6) is 11.5 Å². The van der Waals surface area contributed by atoms with Crippen LogP contribution in [0.4, 0.5) is 0 Å². The number of benzene rings is 1. The van der Waals surface area contributed by atoms with E-state index >= 15 is 0 Å². The Balaban J connectivity index is 1.73. The van der Waals surface area contributed by atoms with Crippen LogP contribution in [0.3, 0.4) is 0 Å². The van der Waals surface area contributed by atoms with E-state index in [1.807, 2.05) is 31.2 Å². The first kappa shape index (κ1) is 17.6. The maximum absolute atomic E-state index is 12.0. The smallest absolute Gasteiger partial charge is 0.257 e. The Labute approximate surface area is 139 Å². The van der Waals surface area contributed by atoms with E-state index in [4.69, 9.17) is 9.47 Å². The first-order valence-electron chi connectivity index (χ1n) is 8.56. The van der Waals surface area contributed by atoms with Gasteiger partial charge >= 0.3 is 0 Å². The summed E-state index contributed by atoms with van der Waals surface area (Å²) in [5.41, 5.74) is 0. The number of hydrogen-bond donors (Lipinski definition) is 1. The predicted molar refractivity (Wildman–Crippen MR) is 91.0 cm³/mol. The molecule has 0 radical (unpaired) electrons. The molecule has 1 amide bonds. The van der Waals surface area contributed by atoms with Gasteiger partial charge in [-0.3, -0.25) is 4.79 Å². The summed E-state index contributed by atoms with van der Waals surface area (Å²) in [5, 5.41) is 2.99. The number of likely N-dealkylation sites (tertiary alicyclic amines) is 1. The molecule has 0 spiro atoms. The van der Waals surface area contributed by atoms with Crippen molar-refractivity contribution in [1.82, 2.24) is 10.2 Å². The summed E-state index contributed by atoms with van der Waals surface area (Å²) in [6.07, 6.45) is 2.40. The van der Waals surface area contributed by atoms with Crippen molar-refractivity contribution in [3.63, 3.8) is 0 Å². The molecule has 1 aromatic rings. The van der Waals surface area contributed by atoms with Gasteiger partial charge in [0.1, 0.15) is 0 Å². The van der Waals surface area contributed by atoms with E-state index in [-0.39, 0.29) is 12.5 Å². The lowest BCUT2D eigenvalue weighted by Gasteiger charge is -2.31. The van der Waals surface area contributed by atoms with Crippen LogP contribution in [0.25, 0.3) is 0 Å². The van der Waals surface area contributed by atoms with Crippen LogP contribution < -0.4 is 14.8 Å². The lowest BCUT2D eigenvalue weighted by atomic mass is 9.98. The van der Waals surface area contributed by atoms with Gasteiger partial charge in [0.15, 0.2) is 18.1 Å². The Bertz CT molecular complexity index is 493. The van der Waals surface area contributed by atoms with E-state index in [1.54, 1.807) is 0 Å². The Morgan fingerprint density at radius 3 is 2.70 bits per heavy atom. The highest BCUT2D eigenvalue weighted by Gasteiger charge is 2.19. The maximum Gasteiger partial charge on any atom is 0.257 e. The second kappa shape index (κ2) is 9.40. The molecule has 0 aromatic heterocycles. The SMILES string of the molecule is CCOc1ccccc1OCC(=O)NC[C@@H]1CCCN(CC)C1. The first-order valence-corrected chi connectivity index (χ1v) is 8.56. The summed E-state index contributed by atoms with van der Waals surface area (Å²) < 4.78 is 11.1. The van der Waals surface area contributed by atoms with Crippen molar-refractivity contribution in [3.05, 3.63) is 24.3 Å². The fraction of sp³-hybridized carbons (Fsp3) is 0.611. The number of rotatable bonds is 8. The van der Waals surface area contributed by atoms with Crippen molar-refractivity contribution < 1.29 is 14.3 Å². The fourth-order valence-corrected chi connectivity index (χ4v) is 2.90. The zero-order chi connectivity index (χ0) is 16.5. The van der Waals surface area contributed by atoms with Crippen LogP contribution in [0.2, 0.25) is 0 Å². The van der Waals surface area contributed by atoms with E-state index in [0.29, 0.717) is 24.0 Å².